The average molecular weight is 512 g/mol. The van der Waals surface area contributed by atoms with Crippen molar-refractivity contribution in [2.45, 2.75) is 46.2 Å². The van der Waals surface area contributed by atoms with E-state index in [1.165, 1.54) is 30.0 Å². The molecule has 0 aliphatic carbocycles. The van der Waals surface area contributed by atoms with Gasteiger partial charge in [0.2, 0.25) is 21.8 Å². The quantitative estimate of drug-likeness (QED) is 0.464. The number of amides is 2. The summed E-state index contributed by atoms with van der Waals surface area (Å²) in [5.41, 5.74) is 0.969. The minimum absolute atomic E-state index is 0.194. The molecule has 0 aliphatic heterocycles. The lowest BCUT2D eigenvalue weighted by molar-refractivity contribution is -0.139. The van der Waals surface area contributed by atoms with Gasteiger partial charge < -0.3 is 10.2 Å². The summed E-state index contributed by atoms with van der Waals surface area (Å²) in [6, 6.07) is 9.76. The molecule has 34 heavy (non-hydrogen) atoms. The van der Waals surface area contributed by atoms with Crippen molar-refractivity contribution in [2.75, 3.05) is 23.7 Å². The zero-order valence-corrected chi connectivity index (χ0v) is 21.4. The summed E-state index contributed by atoms with van der Waals surface area (Å²) in [6.45, 7) is 4.86. The highest BCUT2D eigenvalue weighted by molar-refractivity contribution is 7.92. The van der Waals surface area contributed by atoms with E-state index in [0.717, 1.165) is 23.4 Å². The number of sulfonamides is 1. The Bertz CT molecular complexity index is 1130. The molecule has 0 aliphatic rings. The lowest BCUT2D eigenvalue weighted by Crippen LogP contribution is -2.51. The van der Waals surface area contributed by atoms with Gasteiger partial charge in [0.25, 0.3) is 0 Å². The fourth-order valence-corrected chi connectivity index (χ4v) is 4.46. The average Bonchev–Trinajstić information content (AvgIpc) is 2.77. The number of anilines is 1. The van der Waals surface area contributed by atoms with Gasteiger partial charge in [-0.05, 0) is 44.0 Å². The maximum absolute atomic E-state index is 14.4. The second kappa shape index (κ2) is 12.2. The highest BCUT2D eigenvalue weighted by atomic mass is 35.5. The number of carbonyl (C=O) groups is 2. The lowest BCUT2D eigenvalue weighted by atomic mass is 10.1. The van der Waals surface area contributed by atoms with Crippen LogP contribution in [0.15, 0.2) is 42.5 Å². The molecule has 0 unspecified atom stereocenters. The Hall–Kier alpha value is -2.65. The van der Waals surface area contributed by atoms with Crippen LogP contribution in [-0.2, 0) is 26.2 Å². The van der Waals surface area contributed by atoms with Crippen LogP contribution in [0.25, 0.3) is 0 Å². The van der Waals surface area contributed by atoms with Crippen LogP contribution in [0, 0.1) is 12.7 Å². The first-order valence-corrected chi connectivity index (χ1v) is 13.2. The third-order valence-corrected chi connectivity index (χ3v) is 7.02. The van der Waals surface area contributed by atoms with E-state index in [0.29, 0.717) is 17.1 Å². The Morgan fingerprint density at radius 2 is 1.82 bits per heavy atom. The highest BCUT2D eigenvalue weighted by Crippen LogP contribution is 2.28. The second-order valence-corrected chi connectivity index (χ2v) is 10.4. The molecule has 2 aromatic carbocycles. The van der Waals surface area contributed by atoms with Crippen LogP contribution in [0.2, 0.25) is 5.02 Å². The van der Waals surface area contributed by atoms with E-state index in [1.54, 1.807) is 31.2 Å². The van der Waals surface area contributed by atoms with Gasteiger partial charge in [0, 0.05) is 23.7 Å². The summed E-state index contributed by atoms with van der Waals surface area (Å²) in [4.78, 5) is 27.4. The van der Waals surface area contributed by atoms with Gasteiger partial charge in [0.15, 0.2) is 0 Å². The molecule has 0 saturated heterocycles. The van der Waals surface area contributed by atoms with Gasteiger partial charge in [0.05, 0.1) is 11.9 Å². The maximum Gasteiger partial charge on any atom is 0.244 e. The van der Waals surface area contributed by atoms with E-state index in [-0.39, 0.29) is 17.8 Å². The summed E-state index contributed by atoms with van der Waals surface area (Å²) in [5.74, 6) is -1.57. The molecule has 0 fully saturated rings. The summed E-state index contributed by atoms with van der Waals surface area (Å²) < 4.78 is 40.6. The number of rotatable bonds is 11. The molecule has 2 amide bonds. The van der Waals surface area contributed by atoms with Crippen molar-refractivity contribution in [2.24, 2.45) is 0 Å². The van der Waals surface area contributed by atoms with Crippen LogP contribution < -0.4 is 9.62 Å². The van der Waals surface area contributed by atoms with Crippen molar-refractivity contribution in [3.05, 3.63) is 64.4 Å². The van der Waals surface area contributed by atoms with E-state index in [4.69, 9.17) is 11.6 Å². The summed E-state index contributed by atoms with van der Waals surface area (Å²) >= 11 is 6.17. The van der Waals surface area contributed by atoms with Gasteiger partial charge in [-0.1, -0.05) is 49.2 Å². The van der Waals surface area contributed by atoms with E-state index in [2.05, 4.69) is 5.32 Å². The number of hydrogen-bond donors (Lipinski definition) is 1. The van der Waals surface area contributed by atoms with Crippen molar-refractivity contribution < 1.29 is 22.4 Å². The van der Waals surface area contributed by atoms with Crippen LogP contribution >= 0.6 is 11.6 Å². The minimum atomic E-state index is -3.88. The van der Waals surface area contributed by atoms with E-state index >= 15 is 0 Å². The topological polar surface area (TPSA) is 86.8 Å². The van der Waals surface area contributed by atoms with Crippen LogP contribution in [-0.4, -0.2) is 50.5 Å². The van der Waals surface area contributed by atoms with Gasteiger partial charge in [-0.25, -0.2) is 12.8 Å². The molecule has 0 aromatic heterocycles. The van der Waals surface area contributed by atoms with Crippen LogP contribution in [0.5, 0.6) is 0 Å². The van der Waals surface area contributed by atoms with Crippen molar-refractivity contribution in [3.8, 4) is 0 Å². The van der Waals surface area contributed by atoms with Gasteiger partial charge in [-0.15, -0.1) is 0 Å². The minimum Gasteiger partial charge on any atom is -0.354 e. The molecule has 0 heterocycles. The van der Waals surface area contributed by atoms with Crippen molar-refractivity contribution in [1.82, 2.24) is 10.2 Å². The second-order valence-electron chi connectivity index (χ2n) is 8.09. The molecule has 186 valence electrons. The van der Waals surface area contributed by atoms with Gasteiger partial charge in [-0.3, -0.25) is 13.9 Å². The number of carbonyl (C=O) groups excluding carboxylic acids is 2. The Balaban J connectivity index is 2.41. The third-order valence-electron chi connectivity index (χ3n) is 5.48. The standard InChI is InChI=1S/C24H31ClFN3O4S/c1-5-6-14-27-24(31)18(3)28(15-19-10-7-8-12-21(19)26)23(30)16-29(34(4,32)33)22-13-9-11-20(25)17(22)2/h7-13,18H,5-6,14-16H2,1-4H3,(H,27,31)/t18-/m1/s1. The number of unbranched alkanes of at least 4 members (excludes halogenated alkanes) is 1. The molecular formula is C24H31ClFN3O4S. The molecule has 1 N–H and O–H groups in total. The van der Waals surface area contributed by atoms with Gasteiger partial charge >= 0.3 is 0 Å². The normalized spacial score (nSPS) is 12.2. The van der Waals surface area contributed by atoms with E-state index in [9.17, 15) is 22.4 Å². The van der Waals surface area contributed by atoms with Gasteiger partial charge in [-0.2, -0.15) is 0 Å². The predicted molar refractivity (Wildman–Crippen MR) is 133 cm³/mol. The first-order chi connectivity index (χ1) is 16.0. The first kappa shape index (κ1) is 27.6. The van der Waals surface area contributed by atoms with Crippen LogP contribution in [0.3, 0.4) is 0 Å². The molecular weight excluding hydrogens is 481 g/mol. The predicted octanol–water partition coefficient (Wildman–Crippen LogP) is 3.89. The Morgan fingerprint density at radius 1 is 1.15 bits per heavy atom. The largest absolute Gasteiger partial charge is 0.354 e. The summed E-state index contributed by atoms with van der Waals surface area (Å²) in [7, 11) is -3.88. The molecule has 2 aromatic rings. The summed E-state index contributed by atoms with van der Waals surface area (Å²) in [5, 5.41) is 3.13. The van der Waals surface area contributed by atoms with E-state index in [1.807, 2.05) is 6.92 Å². The molecule has 0 spiro atoms. The Kier molecular flexibility index (Phi) is 9.88. The number of benzene rings is 2. The summed E-state index contributed by atoms with van der Waals surface area (Å²) in [6.07, 6.45) is 2.65. The molecule has 10 heteroatoms. The fraction of sp³-hybridized carbons (Fsp3) is 0.417. The molecule has 7 nitrogen and oxygen atoms in total. The zero-order chi connectivity index (χ0) is 25.5. The van der Waals surface area contributed by atoms with Crippen LogP contribution in [0.1, 0.15) is 37.8 Å². The third kappa shape index (κ3) is 7.17. The SMILES string of the molecule is CCCCNC(=O)[C@@H](C)N(Cc1ccccc1F)C(=O)CN(c1cccc(Cl)c1C)S(C)(=O)=O. The number of halogens is 2. The van der Waals surface area contributed by atoms with Crippen molar-refractivity contribution in [3.63, 3.8) is 0 Å². The van der Waals surface area contributed by atoms with Crippen molar-refractivity contribution in [1.29, 1.82) is 0 Å². The zero-order valence-electron chi connectivity index (χ0n) is 19.8. The maximum atomic E-state index is 14.4. The smallest absolute Gasteiger partial charge is 0.244 e. The van der Waals surface area contributed by atoms with Crippen molar-refractivity contribution >= 4 is 39.1 Å². The van der Waals surface area contributed by atoms with E-state index < -0.39 is 40.2 Å². The molecule has 0 radical (unpaired) electrons. The lowest BCUT2D eigenvalue weighted by Gasteiger charge is -2.32. The molecule has 0 bridgehead atoms. The number of nitrogens with zero attached hydrogens (tertiary/aromatic N) is 2. The molecule has 1 atom stereocenters. The van der Waals surface area contributed by atoms with Crippen LogP contribution in [0.4, 0.5) is 10.1 Å². The van der Waals surface area contributed by atoms with Gasteiger partial charge in [0.1, 0.15) is 18.4 Å². The number of nitrogens with one attached hydrogen (secondary N) is 1. The first-order valence-electron chi connectivity index (χ1n) is 11.0. The molecule has 2 rings (SSSR count). The Labute approximate surface area is 205 Å². The fourth-order valence-electron chi connectivity index (χ4n) is 3.39. The Morgan fingerprint density at radius 3 is 2.44 bits per heavy atom. The highest BCUT2D eigenvalue weighted by Gasteiger charge is 2.31. The number of hydrogen-bond acceptors (Lipinski definition) is 4. The monoisotopic (exact) mass is 511 g/mol. The molecule has 0 saturated carbocycles.